The molecule has 0 amide bonds. The molecule has 0 bridgehead atoms. The summed E-state index contributed by atoms with van der Waals surface area (Å²) in [6.07, 6.45) is 1.41. The molecular weight excluding hydrogens is 203 g/mol. The molecule has 0 aromatic heterocycles. The van der Waals surface area contributed by atoms with Crippen LogP contribution < -0.4 is 0 Å². The van der Waals surface area contributed by atoms with E-state index in [1.54, 1.807) is 6.92 Å². The summed E-state index contributed by atoms with van der Waals surface area (Å²) in [5.41, 5.74) is 1.18. The highest BCUT2D eigenvalue weighted by Crippen LogP contribution is 2.49. The molecule has 0 atom stereocenters. The second-order valence-electron chi connectivity index (χ2n) is 4.00. The first-order valence-electron chi connectivity index (χ1n) is 4.64. The molecule has 2 rings (SSSR count). The lowest BCUT2D eigenvalue weighted by Crippen LogP contribution is -2.11. The van der Waals surface area contributed by atoms with Crippen LogP contribution in [0, 0.1) is 19.7 Å². The predicted octanol–water partition coefficient (Wildman–Crippen LogP) is 3.08. The zero-order chi connectivity index (χ0) is 10.5. The third kappa shape index (κ3) is 1.33. The molecule has 3 heteroatoms. The smallest absolute Gasteiger partial charge is 0.127 e. The van der Waals surface area contributed by atoms with E-state index in [4.69, 9.17) is 11.6 Å². The van der Waals surface area contributed by atoms with E-state index in [-0.39, 0.29) is 5.82 Å². The molecule has 0 radical (unpaired) electrons. The van der Waals surface area contributed by atoms with Crippen molar-refractivity contribution < 1.29 is 9.50 Å². The first-order chi connectivity index (χ1) is 6.46. The maximum atomic E-state index is 13.4. The molecule has 76 valence electrons. The topological polar surface area (TPSA) is 20.2 Å². The molecule has 1 saturated carbocycles. The van der Waals surface area contributed by atoms with Crippen LogP contribution in [0.15, 0.2) is 6.07 Å². The van der Waals surface area contributed by atoms with E-state index >= 15 is 0 Å². The van der Waals surface area contributed by atoms with Crippen molar-refractivity contribution in [3.63, 3.8) is 0 Å². The van der Waals surface area contributed by atoms with E-state index in [1.165, 1.54) is 6.07 Å². The largest absolute Gasteiger partial charge is 0.385 e. The molecule has 0 saturated heterocycles. The summed E-state index contributed by atoms with van der Waals surface area (Å²) in [4.78, 5) is 0. The summed E-state index contributed by atoms with van der Waals surface area (Å²) in [5, 5.41) is 10.4. The number of halogens is 2. The summed E-state index contributed by atoms with van der Waals surface area (Å²) in [7, 11) is 0. The van der Waals surface area contributed by atoms with E-state index in [9.17, 15) is 9.50 Å². The van der Waals surface area contributed by atoms with Gasteiger partial charge in [0.15, 0.2) is 0 Å². The fraction of sp³-hybridized carbons (Fsp3) is 0.455. The Morgan fingerprint density at radius 1 is 1.36 bits per heavy atom. The normalized spacial score (nSPS) is 18.4. The molecule has 1 fully saturated rings. The summed E-state index contributed by atoms with van der Waals surface area (Å²) >= 11 is 5.87. The Labute approximate surface area is 87.5 Å². The minimum Gasteiger partial charge on any atom is -0.385 e. The quantitative estimate of drug-likeness (QED) is 0.762. The zero-order valence-electron chi connectivity index (χ0n) is 8.19. The van der Waals surface area contributed by atoms with Gasteiger partial charge in [0.1, 0.15) is 5.82 Å². The number of hydrogen-bond donors (Lipinski definition) is 1. The van der Waals surface area contributed by atoms with Gasteiger partial charge in [0.25, 0.3) is 0 Å². The minimum atomic E-state index is -0.820. The Hall–Kier alpha value is -0.600. The van der Waals surface area contributed by atoms with Gasteiger partial charge >= 0.3 is 0 Å². The monoisotopic (exact) mass is 214 g/mol. The SMILES string of the molecule is Cc1c(F)cc(Cl)c(C)c1C1(O)CC1. The fourth-order valence-electron chi connectivity index (χ4n) is 1.91. The highest BCUT2D eigenvalue weighted by Gasteiger charge is 2.45. The highest BCUT2D eigenvalue weighted by molar-refractivity contribution is 6.31. The van der Waals surface area contributed by atoms with Crippen LogP contribution in [0.2, 0.25) is 5.02 Å². The Balaban J connectivity index is 2.68. The molecule has 1 aliphatic rings. The fourth-order valence-corrected chi connectivity index (χ4v) is 2.10. The van der Waals surface area contributed by atoms with E-state index in [0.717, 1.165) is 5.56 Å². The average Bonchev–Trinajstić information content (AvgIpc) is 2.81. The maximum absolute atomic E-state index is 13.4. The van der Waals surface area contributed by atoms with Gasteiger partial charge in [-0.25, -0.2) is 4.39 Å². The third-order valence-corrected chi connectivity index (χ3v) is 3.30. The van der Waals surface area contributed by atoms with Crippen LogP contribution >= 0.6 is 11.6 Å². The lowest BCUT2D eigenvalue weighted by molar-refractivity contribution is 0.149. The van der Waals surface area contributed by atoms with E-state index in [1.807, 2.05) is 6.92 Å². The maximum Gasteiger partial charge on any atom is 0.127 e. The molecule has 1 aromatic rings. The number of hydrogen-bond acceptors (Lipinski definition) is 1. The molecule has 1 aromatic carbocycles. The van der Waals surface area contributed by atoms with Crippen LogP contribution in [0.25, 0.3) is 0 Å². The van der Waals surface area contributed by atoms with Crippen LogP contribution in [0.4, 0.5) is 4.39 Å². The minimum absolute atomic E-state index is 0.337. The van der Waals surface area contributed by atoms with Crippen molar-refractivity contribution >= 4 is 11.6 Å². The first kappa shape index (κ1) is 9.94. The standard InChI is InChI=1S/C11H12ClFO/c1-6-8(12)5-9(13)7(2)10(6)11(14)3-4-11/h5,14H,3-4H2,1-2H3. The van der Waals surface area contributed by atoms with Crippen molar-refractivity contribution in [1.82, 2.24) is 0 Å². The molecule has 0 heterocycles. The second kappa shape index (κ2) is 2.94. The summed E-state index contributed by atoms with van der Waals surface area (Å²) in [6, 6.07) is 1.31. The van der Waals surface area contributed by atoms with Gasteiger partial charge in [-0.3, -0.25) is 0 Å². The number of aliphatic hydroxyl groups is 1. The molecular formula is C11H12ClFO. The molecule has 0 unspecified atom stereocenters. The van der Waals surface area contributed by atoms with E-state index < -0.39 is 5.60 Å². The Bertz CT molecular complexity index is 371. The molecule has 0 aliphatic heterocycles. The van der Waals surface area contributed by atoms with Crippen molar-refractivity contribution in [2.45, 2.75) is 32.3 Å². The van der Waals surface area contributed by atoms with Crippen LogP contribution in [-0.4, -0.2) is 5.11 Å². The van der Waals surface area contributed by atoms with E-state index in [0.29, 0.717) is 29.0 Å². The van der Waals surface area contributed by atoms with Gasteiger partial charge in [-0.2, -0.15) is 0 Å². The second-order valence-corrected chi connectivity index (χ2v) is 4.40. The third-order valence-electron chi connectivity index (χ3n) is 2.91. The lowest BCUT2D eigenvalue weighted by atomic mass is 9.96. The van der Waals surface area contributed by atoms with Crippen LogP contribution in [-0.2, 0) is 5.60 Å². The van der Waals surface area contributed by atoms with Gasteiger partial charge in [0.2, 0.25) is 0 Å². The summed E-state index contributed by atoms with van der Waals surface area (Å²) in [6.45, 7) is 3.50. The average molecular weight is 215 g/mol. The van der Waals surface area contributed by atoms with Crippen molar-refractivity contribution in [3.8, 4) is 0 Å². The molecule has 1 aliphatic carbocycles. The van der Waals surface area contributed by atoms with Gasteiger partial charge in [-0.1, -0.05) is 11.6 Å². The Kier molecular flexibility index (Phi) is 2.09. The Morgan fingerprint density at radius 2 is 1.93 bits per heavy atom. The van der Waals surface area contributed by atoms with Crippen LogP contribution in [0.3, 0.4) is 0 Å². The molecule has 1 nitrogen and oxygen atoms in total. The van der Waals surface area contributed by atoms with Gasteiger partial charge in [-0.05, 0) is 49.4 Å². The first-order valence-corrected chi connectivity index (χ1v) is 5.01. The molecule has 14 heavy (non-hydrogen) atoms. The summed E-state index contributed by atoms with van der Waals surface area (Å²) in [5.74, 6) is -0.337. The van der Waals surface area contributed by atoms with Gasteiger partial charge in [0.05, 0.1) is 5.60 Å². The predicted molar refractivity (Wildman–Crippen MR) is 54.0 cm³/mol. The van der Waals surface area contributed by atoms with E-state index in [2.05, 4.69) is 0 Å². The van der Waals surface area contributed by atoms with Crippen molar-refractivity contribution in [2.24, 2.45) is 0 Å². The zero-order valence-corrected chi connectivity index (χ0v) is 8.95. The van der Waals surface area contributed by atoms with Crippen molar-refractivity contribution in [1.29, 1.82) is 0 Å². The van der Waals surface area contributed by atoms with Gasteiger partial charge < -0.3 is 5.11 Å². The molecule has 1 N–H and O–H groups in total. The number of rotatable bonds is 1. The van der Waals surface area contributed by atoms with Crippen LogP contribution in [0.5, 0.6) is 0 Å². The summed E-state index contributed by atoms with van der Waals surface area (Å²) < 4.78 is 13.4. The molecule has 0 spiro atoms. The van der Waals surface area contributed by atoms with Crippen molar-refractivity contribution in [2.75, 3.05) is 0 Å². The lowest BCUT2D eigenvalue weighted by Gasteiger charge is -2.17. The van der Waals surface area contributed by atoms with Crippen LogP contribution in [0.1, 0.15) is 29.5 Å². The van der Waals surface area contributed by atoms with Gasteiger partial charge in [0, 0.05) is 5.02 Å². The van der Waals surface area contributed by atoms with Crippen molar-refractivity contribution in [3.05, 3.63) is 33.6 Å². The Morgan fingerprint density at radius 3 is 2.43 bits per heavy atom. The van der Waals surface area contributed by atoms with Gasteiger partial charge in [-0.15, -0.1) is 0 Å². The number of benzene rings is 1. The highest BCUT2D eigenvalue weighted by atomic mass is 35.5.